The molecule has 0 aliphatic heterocycles. The molecule has 0 aliphatic rings. The fourth-order valence-corrected chi connectivity index (χ4v) is 1.46. The zero-order valence-electron chi connectivity index (χ0n) is 6.58. The Labute approximate surface area is 70.2 Å². The van der Waals surface area contributed by atoms with Crippen molar-refractivity contribution in [3.8, 4) is 0 Å². The number of aromatic nitrogens is 4. The first-order valence-corrected chi connectivity index (χ1v) is 4.78. The highest BCUT2D eigenvalue weighted by Crippen LogP contribution is 2.12. The van der Waals surface area contributed by atoms with Gasteiger partial charge in [0.25, 0.3) is 0 Å². The number of hydrogen-bond acceptors (Lipinski definition) is 4. The van der Waals surface area contributed by atoms with Crippen molar-refractivity contribution in [2.75, 3.05) is 5.75 Å². The van der Waals surface area contributed by atoms with Crippen molar-refractivity contribution in [3.63, 3.8) is 0 Å². The molecule has 0 aliphatic carbocycles. The highest BCUT2D eigenvalue weighted by atomic mass is 32.2. The molecular weight excluding hydrogens is 160 g/mol. The van der Waals surface area contributed by atoms with Crippen molar-refractivity contribution in [1.82, 2.24) is 20.6 Å². The lowest BCUT2D eigenvalue weighted by Gasteiger charge is -1.93. The summed E-state index contributed by atoms with van der Waals surface area (Å²) in [6.45, 7) is 2.19. The molecule has 1 aromatic rings. The van der Waals surface area contributed by atoms with Gasteiger partial charge in [0.1, 0.15) is 0 Å². The molecule has 0 saturated carbocycles. The van der Waals surface area contributed by atoms with Crippen molar-refractivity contribution in [1.29, 1.82) is 0 Å². The van der Waals surface area contributed by atoms with Gasteiger partial charge in [0.15, 0.2) is 0 Å². The first-order valence-electron chi connectivity index (χ1n) is 3.79. The molecule has 0 unspecified atom stereocenters. The summed E-state index contributed by atoms with van der Waals surface area (Å²) in [5, 5.41) is 14.3. The Balaban J connectivity index is 2.04. The molecule has 0 bridgehead atoms. The van der Waals surface area contributed by atoms with E-state index in [9.17, 15) is 0 Å². The Morgan fingerprint density at radius 1 is 1.45 bits per heavy atom. The van der Waals surface area contributed by atoms with Gasteiger partial charge < -0.3 is 0 Å². The SMILES string of the molecule is CCCCCSc1nn[nH]n1. The molecule has 0 spiro atoms. The number of thioether (sulfide) groups is 1. The highest BCUT2D eigenvalue weighted by Gasteiger charge is 1.96. The molecule has 62 valence electrons. The fraction of sp³-hybridized carbons (Fsp3) is 0.833. The summed E-state index contributed by atoms with van der Waals surface area (Å²) < 4.78 is 0. The van der Waals surface area contributed by atoms with E-state index in [0.29, 0.717) is 0 Å². The van der Waals surface area contributed by atoms with E-state index in [4.69, 9.17) is 0 Å². The molecule has 0 radical (unpaired) electrons. The van der Waals surface area contributed by atoms with Gasteiger partial charge in [0.2, 0.25) is 5.16 Å². The molecule has 0 fully saturated rings. The average Bonchev–Trinajstić information content (AvgIpc) is 2.50. The van der Waals surface area contributed by atoms with E-state index in [1.807, 2.05) is 0 Å². The van der Waals surface area contributed by atoms with Crippen LogP contribution in [0.5, 0.6) is 0 Å². The number of nitrogens with one attached hydrogen (secondary N) is 1. The molecule has 0 saturated heterocycles. The van der Waals surface area contributed by atoms with Gasteiger partial charge in [-0.25, -0.2) is 0 Å². The molecule has 4 nitrogen and oxygen atoms in total. The Morgan fingerprint density at radius 3 is 3.00 bits per heavy atom. The largest absolute Gasteiger partial charge is 0.230 e. The first kappa shape index (κ1) is 8.52. The van der Waals surface area contributed by atoms with E-state index < -0.39 is 0 Å². The van der Waals surface area contributed by atoms with Crippen LogP contribution in [0.15, 0.2) is 5.16 Å². The minimum absolute atomic E-state index is 0.751. The zero-order valence-corrected chi connectivity index (χ0v) is 7.39. The van der Waals surface area contributed by atoms with Gasteiger partial charge in [-0.1, -0.05) is 31.5 Å². The van der Waals surface area contributed by atoms with Crippen molar-refractivity contribution < 1.29 is 0 Å². The van der Waals surface area contributed by atoms with E-state index in [1.165, 1.54) is 19.3 Å². The fourth-order valence-electron chi connectivity index (χ4n) is 0.729. The Bertz CT molecular complexity index is 175. The molecule has 1 aromatic heterocycles. The summed E-state index contributed by atoms with van der Waals surface area (Å²) in [5.74, 6) is 1.09. The number of unbranched alkanes of at least 4 members (excludes halogenated alkanes) is 2. The average molecular weight is 172 g/mol. The van der Waals surface area contributed by atoms with Crippen molar-refractivity contribution in [2.45, 2.75) is 31.3 Å². The van der Waals surface area contributed by atoms with E-state index in [-0.39, 0.29) is 0 Å². The summed E-state index contributed by atoms with van der Waals surface area (Å²) in [5.41, 5.74) is 0. The van der Waals surface area contributed by atoms with Crippen molar-refractivity contribution >= 4 is 11.8 Å². The number of hydrogen-bond donors (Lipinski definition) is 1. The maximum absolute atomic E-state index is 3.83. The quantitative estimate of drug-likeness (QED) is 0.540. The van der Waals surface area contributed by atoms with E-state index >= 15 is 0 Å². The van der Waals surface area contributed by atoms with Gasteiger partial charge >= 0.3 is 0 Å². The summed E-state index contributed by atoms with van der Waals surface area (Å²) in [7, 11) is 0. The Morgan fingerprint density at radius 2 is 2.36 bits per heavy atom. The number of rotatable bonds is 5. The van der Waals surface area contributed by atoms with Gasteiger partial charge in [-0.15, -0.1) is 10.2 Å². The summed E-state index contributed by atoms with van der Waals surface area (Å²) in [6.07, 6.45) is 3.77. The molecule has 0 amide bonds. The van der Waals surface area contributed by atoms with Crippen LogP contribution < -0.4 is 0 Å². The smallest absolute Gasteiger partial charge is 0.176 e. The van der Waals surface area contributed by atoms with E-state index in [0.717, 1.165) is 10.9 Å². The number of H-pyrrole nitrogens is 1. The second kappa shape index (κ2) is 5.12. The monoisotopic (exact) mass is 172 g/mol. The summed E-state index contributed by atoms with van der Waals surface area (Å²) in [4.78, 5) is 0. The lowest BCUT2D eigenvalue weighted by atomic mass is 10.3. The van der Waals surface area contributed by atoms with E-state index in [2.05, 4.69) is 27.5 Å². The molecule has 5 heteroatoms. The van der Waals surface area contributed by atoms with Crippen LogP contribution in [0, 0.1) is 0 Å². The predicted octanol–water partition coefficient (Wildman–Crippen LogP) is 1.48. The van der Waals surface area contributed by atoms with Gasteiger partial charge in [0.05, 0.1) is 0 Å². The van der Waals surface area contributed by atoms with E-state index in [1.54, 1.807) is 11.8 Å². The van der Waals surface area contributed by atoms with Gasteiger partial charge in [-0.2, -0.15) is 5.21 Å². The molecule has 0 atom stereocenters. The third kappa shape index (κ3) is 3.36. The van der Waals surface area contributed by atoms with Crippen LogP contribution in [0.1, 0.15) is 26.2 Å². The van der Waals surface area contributed by atoms with Gasteiger partial charge in [-0.3, -0.25) is 0 Å². The second-order valence-electron chi connectivity index (χ2n) is 2.25. The normalized spacial score (nSPS) is 10.3. The first-order chi connectivity index (χ1) is 5.43. The van der Waals surface area contributed by atoms with Gasteiger partial charge in [0, 0.05) is 5.75 Å². The topological polar surface area (TPSA) is 54.5 Å². The van der Waals surface area contributed by atoms with Crippen molar-refractivity contribution in [3.05, 3.63) is 0 Å². The lowest BCUT2D eigenvalue weighted by molar-refractivity contribution is 0.777. The Kier molecular flexibility index (Phi) is 3.96. The number of aromatic amines is 1. The third-order valence-electron chi connectivity index (χ3n) is 1.30. The van der Waals surface area contributed by atoms with Crippen LogP contribution in [0.2, 0.25) is 0 Å². The molecule has 1 rings (SSSR count). The zero-order chi connectivity index (χ0) is 7.94. The maximum Gasteiger partial charge on any atom is 0.230 e. The Hall–Kier alpha value is -0.580. The molecule has 11 heavy (non-hydrogen) atoms. The van der Waals surface area contributed by atoms with Crippen LogP contribution in [0.3, 0.4) is 0 Å². The number of nitrogens with zero attached hydrogens (tertiary/aromatic N) is 3. The second-order valence-corrected chi connectivity index (χ2v) is 3.31. The third-order valence-corrected chi connectivity index (χ3v) is 2.23. The van der Waals surface area contributed by atoms with Crippen molar-refractivity contribution in [2.24, 2.45) is 0 Å². The predicted molar refractivity (Wildman–Crippen MR) is 44.4 cm³/mol. The maximum atomic E-state index is 3.83. The molecule has 0 aromatic carbocycles. The van der Waals surface area contributed by atoms with Crippen LogP contribution in [-0.4, -0.2) is 26.4 Å². The highest BCUT2D eigenvalue weighted by molar-refractivity contribution is 7.99. The van der Waals surface area contributed by atoms with Gasteiger partial charge in [-0.05, 0) is 11.6 Å². The van der Waals surface area contributed by atoms with Crippen LogP contribution in [-0.2, 0) is 0 Å². The lowest BCUT2D eigenvalue weighted by Crippen LogP contribution is -1.81. The molecule has 1 heterocycles. The number of tetrazole rings is 1. The summed E-state index contributed by atoms with van der Waals surface area (Å²) in [6, 6.07) is 0. The minimum Gasteiger partial charge on any atom is -0.176 e. The minimum atomic E-state index is 0.751. The molecule has 1 N–H and O–H groups in total. The van der Waals surface area contributed by atoms with Crippen LogP contribution in [0.4, 0.5) is 0 Å². The summed E-state index contributed by atoms with van der Waals surface area (Å²) >= 11 is 1.65. The standard InChI is InChI=1S/C6H12N4S/c1-2-3-4-5-11-6-7-9-10-8-6/h2-5H2,1H3,(H,7,8,9,10). The molecular formula is C6H12N4S. The van der Waals surface area contributed by atoms with Crippen LogP contribution >= 0.6 is 11.8 Å². The van der Waals surface area contributed by atoms with Crippen LogP contribution in [0.25, 0.3) is 0 Å².